The van der Waals surface area contributed by atoms with Gasteiger partial charge in [-0.1, -0.05) is 17.7 Å². The van der Waals surface area contributed by atoms with E-state index in [1.807, 2.05) is 6.07 Å². The lowest BCUT2D eigenvalue weighted by molar-refractivity contribution is 0.0685. The van der Waals surface area contributed by atoms with Crippen molar-refractivity contribution in [3.63, 3.8) is 0 Å². The number of nitrogens with two attached hydrogens (primary N) is 1. The van der Waals surface area contributed by atoms with Crippen LogP contribution in [0.15, 0.2) is 18.2 Å². The summed E-state index contributed by atoms with van der Waals surface area (Å²) < 4.78 is 5.40. The molecule has 1 heterocycles. The van der Waals surface area contributed by atoms with Gasteiger partial charge in [-0.15, -0.1) is 0 Å². The highest BCUT2D eigenvalue weighted by atomic mass is 35.5. The van der Waals surface area contributed by atoms with Gasteiger partial charge in [0, 0.05) is 37.5 Å². The molecule has 1 aliphatic heterocycles. The van der Waals surface area contributed by atoms with Crippen LogP contribution in [0.3, 0.4) is 0 Å². The van der Waals surface area contributed by atoms with Crippen molar-refractivity contribution in [2.45, 2.75) is 19.3 Å². The van der Waals surface area contributed by atoms with E-state index in [0.29, 0.717) is 6.54 Å². The molecule has 4 heteroatoms. The predicted octanol–water partition coefficient (Wildman–Crippen LogP) is 2.70. The van der Waals surface area contributed by atoms with Gasteiger partial charge in [0.15, 0.2) is 0 Å². The Hall–Kier alpha value is -0.770. The van der Waals surface area contributed by atoms with E-state index in [1.54, 1.807) is 0 Å². The normalized spacial score (nSPS) is 16.6. The Balaban J connectivity index is 1.98. The first-order valence-electron chi connectivity index (χ1n) is 6.98. The molecule has 0 bridgehead atoms. The maximum atomic E-state index is 6.29. The zero-order chi connectivity index (χ0) is 13.7. The fourth-order valence-electron chi connectivity index (χ4n) is 2.55. The molecule has 0 saturated carbocycles. The summed E-state index contributed by atoms with van der Waals surface area (Å²) in [6.07, 6.45) is 3.15. The smallest absolute Gasteiger partial charge is 0.0469 e. The van der Waals surface area contributed by atoms with Crippen LogP contribution in [0.5, 0.6) is 0 Å². The summed E-state index contributed by atoms with van der Waals surface area (Å²) in [5, 5.41) is 0.821. The van der Waals surface area contributed by atoms with Crippen molar-refractivity contribution in [2.75, 3.05) is 38.3 Å². The third kappa shape index (κ3) is 4.10. The largest absolute Gasteiger partial charge is 0.381 e. The highest BCUT2D eigenvalue weighted by Gasteiger charge is 2.16. The summed E-state index contributed by atoms with van der Waals surface area (Å²) in [4.78, 5) is 2.29. The molecular formula is C15H23ClN2O. The van der Waals surface area contributed by atoms with Gasteiger partial charge >= 0.3 is 0 Å². The molecule has 1 fully saturated rings. The summed E-state index contributed by atoms with van der Waals surface area (Å²) in [7, 11) is 2.13. The Bertz CT molecular complexity index is 405. The van der Waals surface area contributed by atoms with Gasteiger partial charge in [0.2, 0.25) is 0 Å². The average Bonchev–Trinajstić information content (AvgIpc) is 2.42. The third-order valence-electron chi connectivity index (χ3n) is 3.76. The van der Waals surface area contributed by atoms with E-state index in [-0.39, 0.29) is 0 Å². The van der Waals surface area contributed by atoms with Gasteiger partial charge in [-0.25, -0.2) is 0 Å². The number of hydrogen-bond acceptors (Lipinski definition) is 3. The summed E-state index contributed by atoms with van der Waals surface area (Å²) >= 11 is 6.29. The molecule has 1 aliphatic rings. The molecule has 1 aromatic rings. The lowest BCUT2D eigenvalue weighted by Gasteiger charge is -2.28. The lowest BCUT2D eigenvalue weighted by Crippen LogP contribution is -2.29. The second-order valence-corrected chi connectivity index (χ2v) is 5.66. The van der Waals surface area contributed by atoms with E-state index < -0.39 is 0 Å². The average molecular weight is 283 g/mol. The second-order valence-electron chi connectivity index (χ2n) is 5.25. The van der Waals surface area contributed by atoms with Crippen molar-refractivity contribution >= 4 is 17.3 Å². The predicted molar refractivity (Wildman–Crippen MR) is 81.0 cm³/mol. The Morgan fingerprint density at radius 3 is 2.74 bits per heavy atom. The van der Waals surface area contributed by atoms with Crippen LogP contribution < -0.4 is 10.6 Å². The molecule has 19 heavy (non-hydrogen) atoms. The van der Waals surface area contributed by atoms with Crippen LogP contribution in [0, 0.1) is 5.92 Å². The van der Waals surface area contributed by atoms with Gasteiger partial charge < -0.3 is 15.4 Å². The number of hydrogen-bond donors (Lipinski definition) is 1. The zero-order valence-electron chi connectivity index (χ0n) is 11.6. The van der Waals surface area contributed by atoms with Crippen molar-refractivity contribution in [3.8, 4) is 0 Å². The molecule has 106 valence electrons. The van der Waals surface area contributed by atoms with Crippen molar-refractivity contribution in [1.82, 2.24) is 0 Å². The van der Waals surface area contributed by atoms with Crippen LogP contribution in [0.1, 0.15) is 18.4 Å². The number of ether oxygens (including phenoxy) is 1. The van der Waals surface area contributed by atoms with E-state index in [9.17, 15) is 0 Å². The molecule has 2 N–H and O–H groups in total. The zero-order valence-corrected chi connectivity index (χ0v) is 12.3. The minimum Gasteiger partial charge on any atom is -0.381 e. The monoisotopic (exact) mass is 282 g/mol. The second kappa shape index (κ2) is 7.13. The number of anilines is 1. The Kier molecular flexibility index (Phi) is 5.49. The van der Waals surface area contributed by atoms with Gasteiger partial charge in [-0.05, 0) is 49.4 Å². The maximum absolute atomic E-state index is 6.29. The van der Waals surface area contributed by atoms with Crippen LogP contribution >= 0.6 is 11.6 Å². The van der Waals surface area contributed by atoms with Gasteiger partial charge in [0.1, 0.15) is 0 Å². The van der Waals surface area contributed by atoms with Crippen LogP contribution in [-0.2, 0) is 11.2 Å². The number of halogens is 1. The third-order valence-corrected chi connectivity index (χ3v) is 4.12. The molecule has 1 aromatic carbocycles. The highest BCUT2D eigenvalue weighted by molar-refractivity contribution is 6.31. The molecule has 0 aromatic heterocycles. The van der Waals surface area contributed by atoms with Crippen LogP contribution in [0.4, 0.5) is 5.69 Å². The summed E-state index contributed by atoms with van der Waals surface area (Å²) in [6, 6.07) is 6.27. The Morgan fingerprint density at radius 2 is 2.11 bits per heavy atom. The van der Waals surface area contributed by atoms with Crippen molar-refractivity contribution in [1.29, 1.82) is 0 Å². The topological polar surface area (TPSA) is 38.5 Å². The fraction of sp³-hybridized carbons (Fsp3) is 0.600. The van der Waals surface area contributed by atoms with Gasteiger partial charge in [-0.2, -0.15) is 0 Å². The minimum absolute atomic E-state index is 0.636. The first-order valence-corrected chi connectivity index (χ1v) is 7.36. The molecular weight excluding hydrogens is 260 g/mol. The van der Waals surface area contributed by atoms with E-state index in [0.717, 1.165) is 55.5 Å². The molecule has 0 atom stereocenters. The summed E-state index contributed by atoms with van der Waals surface area (Å²) in [6.45, 7) is 3.50. The first-order chi connectivity index (χ1) is 9.20. The van der Waals surface area contributed by atoms with Crippen LogP contribution in [0.25, 0.3) is 0 Å². The molecule has 3 nitrogen and oxygen atoms in total. The van der Waals surface area contributed by atoms with E-state index >= 15 is 0 Å². The Morgan fingerprint density at radius 1 is 1.37 bits per heavy atom. The van der Waals surface area contributed by atoms with Gasteiger partial charge in [-0.3, -0.25) is 0 Å². The quantitative estimate of drug-likeness (QED) is 0.902. The molecule has 0 aliphatic carbocycles. The van der Waals surface area contributed by atoms with Crippen molar-refractivity contribution in [2.24, 2.45) is 11.7 Å². The summed E-state index contributed by atoms with van der Waals surface area (Å²) in [5.41, 5.74) is 7.88. The van der Waals surface area contributed by atoms with Crippen molar-refractivity contribution in [3.05, 3.63) is 28.8 Å². The molecule has 0 unspecified atom stereocenters. The van der Waals surface area contributed by atoms with Crippen molar-refractivity contribution < 1.29 is 4.74 Å². The number of nitrogens with zero attached hydrogens (tertiary/aromatic N) is 1. The van der Waals surface area contributed by atoms with Gasteiger partial charge in [0.05, 0.1) is 0 Å². The lowest BCUT2D eigenvalue weighted by atomic mass is 9.99. The molecule has 0 amide bonds. The number of benzene rings is 1. The standard InChI is InChI=1S/C15H23ClN2O/c1-18(11-12-5-8-19-9-6-12)14-3-2-13(4-7-17)15(16)10-14/h2-3,10,12H,4-9,11,17H2,1H3. The first kappa shape index (κ1) is 14.6. The number of rotatable bonds is 5. The Labute approximate surface area is 120 Å². The van der Waals surface area contributed by atoms with Gasteiger partial charge in [0.25, 0.3) is 0 Å². The molecule has 1 saturated heterocycles. The molecule has 0 spiro atoms. The molecule has 0 radical (unpaired) electrons. The highest BCUT2D eigenvalue weighted by Crippen LogP contribution is 2.25. The van der Waals surface area contributed by atoms with E-state index in [1.165, 1.54) is 5.69 Å². The van der Waals surface area contributed by atoms with E-state index in [2.05, 4.69) is 24.1 Å². The van der Waals surface area contributed by atoms with E-state index in [4.69, 9.17) is 22.1 Å². The van der Waals surface area contributed by atoms with Crippen LogP contribution in [0.2, 0.25) is 5.02 Å². The fourth-order valence-corrected chi connectivity index (χ4v) is 2.82. The molecule has 2 rings (SSSR count). The van der Waals surface area contributed by atoms with Crippen LogP contribution in [-0.4, -0.2) is 33.4 Å². The minimum atomic E-state index is 0.636. The maximum Gasteiger partial charge on any atom is 0.0469 e. The SMILES string of the molecule is CN(CC1CCOCC1)c1ccc(CCN)c(Cl)c1. The summed E-state index contributed by atoms with van der Waals surface area (Å²) in [5.74, 6) is 0.723.